The first kappa shape index (κ1) is 19.2. The second-order valence-electron chi connectivity index (χ2n) is 8.24. The first-order valence-electron chi connectivity index (χ1n) is 10.7. The molecule has 152 valence electrons. The molecular weight excluding hydrogens is 354 g/mol. The molecule has 1 aromatic rings. The number of piperidine rings is 1. The van der Waals surface area contributed by atoms with Crippen molar-refractivity contribution in [3.63, 3.8) is 0 Å². The Kier molecular flexibility index (Phi) is 5.58. The van der Waals surface area contributed by atoms with Gasteiger partial charge in [0.1, 0.15) is 5.75 Å². The molecule has 0 saturated carbocycles. The molecule has 0 radical (unpaired) electrons. The Labute approximate surface area is 167 Å². The SMILES string of the molecule is CCOc1ccccc1C(=O)N1CCC[C@]2(CCN2CC(=O)N2CCCC2)C1. The Morgan fingerprint density at radius 3 is 2.46 bits per heavy atom. The molecule has 3 aliphatic rings. The Hall–Kier alpha value is -2.08. The summed E-state index contributed by atoms with van der Waals surface area (Å²) in [6.45, 7) is 7.21. The predicted octanol–water partition coefficient (Wildman–Crippen LogP) is 2.39. The van der Waals surface area contributed by atoms with Gasteiger partial charge in [-0.15, -0.1) is 0 Å². The number of likely N-dealkylation sites (tertiary alicyclic amines) is 3. The topological polar surface area (TPSA) is 53.1 Å². The van der Waals surface area contributed by atoms with Gasteiger partial charge in [-0.1, -0.05) is 12.1 Å². The maximum absolute atomic E-state index is 13.2. The molecule has 6 heteroatoms. The zero-order chi connectivity index (χ0) is 19.6. The molecule has 1 spiro atoms. The normalized spacial score (nSPS) is 25.0. The third-order valence-electron chi connectivity index (χ3n) is 6.56. The lowest BCUT2D eigenvalue weighted by Gasteiger charge is -2.57. The van der Waals surface area contributed by atoms with E-state index in [-0.39, 0.29) is 17.4 Å². The average Bonchev–Trinajstić information content (AvgIpc) is 3.26. The first-order valence-corrected chi connectivity index (χ1v) is 10.7. The molecule has 0 aliphatic carbocycles. The van der Waals surface area contributed by atoms with Crippen LogP contribution in [-0.4, -0.2) is 77.9 Å². The highest BCUT2D eigenvalue weighted by atomic mass is 16.5. The van der Waals surface area contributed by atoms with Gasteiger partial charge >= 0.3 is 0 Å². The standard InChI is InChI=1S/C22H31N3O3/c1-2-28-19-9-4-3-8-18(19)21(27)24-14-7-10-22(17-24)11-15-25(22)16-20(26)23-12-5-6-13-23/h3-4,8-9H,2,5-7,10-17H2,1H3/t22-/m0/s1. The van der Waals surface area contributed by atoms with Crippen LogP contribution in [0.25, 0.3) is 0 Å². The summed E-state index contributed by atoms with van der Waals surface area (Å²) in [7, 11) is 0. The molecule has 0 aromatic heterocycles. The first-order chi connectivity index (χ1) is 13.6. The molecule has 2 amide bonds. The predicted molar refractivity (Wildman–Crippen MR) is 107 cm³/mol. The van der Waals surface area contributed by atoms with Crippen molar-refractivity contribution in [1.82, 2.24) is 14.7 Å². The summed E-state index contributed by atoms with van der Waals surface area (Å²) in [5, 5.41) is 0. The van der Waals surface area contributed by atoms with Crippen molar-refractivity contribution in [2.24, 2.45) is 0 Å². The average molecular weight is 386 g/mol. The Morgan fingerprint density at radius 1 is 1.00 bits per heavy atom. The summed E-state index contributed by atoms with van der Waals surface area (Å²) >= 11 is 0. The summed E-state index contributed by atoms with van der Waals surface area (Å²) in [5.74, 6) is 0.951. The zero-order valence-corrected chi connectivity index (χ0v) is 16.9. The number of benzene rings is 1. The van der Waals surface area contributed by atoms with Crippen LogP contribution in [0.15, 0.2) is 24.3 Å². The van der Waals surface area contributed by atoms with Crippen LogP contribution in [-0.2, 0) is 4.79 Å². The van der Waals surface area contributed by atoms with E-state index in [0.717, 1.165) is 58.3 Å². The molecule has 4 rings (SSSR count). The highest BCUT2D eigenvalue weighted by Gasteiger charge is 2.49. The van der Waals surface area contributed by atoms with Crippen LogP contribution in [0.3, 0.4) is 0 Å². The van der Waals surface area contributed by atoms with E-state index < -0.39 is 0 Å². The van der Waals surface area contributed by atoms with Gasteiger partial charge < -0.3 is 14.5 Å². The zero-order valence-electron chi connectivity index (χ0n) is 16.9. The van der Waals surface area contributed by atoms with Gasteiger partial charge in [0.2, 0.25) is 5.91 Å². The van der Waals surface area contributed by atoms with Gasteiger partial charge in [0.05, 0.1) is 18.7 Å². The van der Waals surface area contributed by atoms with E-state index in [1.807, 2.05) is 41.0 Å². The monoisotopic (exact) mass is 385 g/mol. The highest BCUT2D eigenvalue weighted by Crippen LogP contribution is 2.39. The van der Waals surface area contributed by atoms with E-state index in [1.165, 1.54) is 0 Å². The molecular formula is C22H31N3O3. The molecule has 3 saturated heterocycles. The van der Waals surface area contributed by atoms with Gasteiger partial charge in [-0.25, -0.2) is 0 Å². The van der Waals surface area contributed by atoms with Gasteiger partial charge in [0, 0.05) is 38.3 Å². The Balaban J connectivity index is 1.44. The van der Waals surface area contributed by atoms with Gasteiger partial charge in [0.15, 0.2) is 0 Å². The quantitative estimate of drug-likeness (QED) is 0.781. The van der Waals surface area contributed by atoms with Crippen LogP contribution in [0, 0.1) is 0 Å². The summed E-state index contributed by atoms with van der Waals surface area (Å²) in [6, 6.07) is 7.50. The fraction of sp³-hybridized carbons (Fsp3) is 0.636. The molecule has 1 atom stereocenters. The van der Waals surface area contributed by atoms with Crippen LogP contribution in [0.2, 0.25) is 0 Å². The van der Waals surface area contributed by atoms with Crippen LogP contribution in [0.5, 0.6) is 5.75 Å². The number of carbonyl (C=O) groups is 2. The maximum atomic E-state index is 13.2. The number of ether oxygens (including phenoxy) is 1. The van der Waals surface area contributed by atoms with Crippen LogP contribution in [0.1, 0.15) is 49.4 Å². The molecule has 3 aliphatic heterocycles. The van der Waals surface area contributed by atoms with E-state index in [0.29, 0.717) is 31.0 Å². The van der Waals surface area contributed by atoms with E-state index in [1.54, 1.807) is 0 Å². The van der Waals surface area contributed by atoms with Gasteiger partial charge in [-0.05, 0) is 51.2 Å². The smallest absolute Gasteiger partial charge is 0.257 e. The number of amides is 2. The molecule has 1 aromatic carbocycles. The van der Waals surface area contributed by atoms with Crippen LogP contribution in [0.4, 0.5) is 0 Å². The molecule has 3 fully saturated rings. The van der Waals surface area contributed by atoms with Gasteiger partial charge in [-0.2, -0.15) is 0 Å². The minimum Gasteiger partial charge on any atom is -0.493 e. The van der Waals surface area contributed by atoms with E-state index in [9.17, 15) is 9.59 Å². The van der Waals surface area contributed by atoms with Gasteiger partial charge in [0.25, 0.3) is 5.91 Å². The Bertz CT molecular complexity index is 731. The summed E-state index contributed by atoms with van der Waals surface area (Å²) < 4.78 is 5.66. The minimum atomic E-state index is -0.0240. The lowest BCUT2D eigenvalue weighted by molar-refractivity contribution is -0.138. The summed E-state index contributed by atoms with van der Waals surface area (Å²) in [5.41, 5.74) is 0.615. The second kappa shape index (κ2) is 8.11. The van der Waals surface area contributed by atoms with Crippen molar-refractivity contribution in [2.45, 2.75) is 44.6 Å². The van der Waals surface area contributed by atoms with Crippen molar-refractivity contribution in [3.8, 4) is 5.75 Å². The second-order valence-corrected chi connectivity index (χ2v) is 8.24. The van der Waals surface area contributed by atoms with E-state index in [4.69, 9.17) is 4.74 Å². The third kappa shape index (κ3) is 3.62. The molecule has 0 bridgehead atoms. The molecule has 6 nitrogen and oxygen atoms in total. The van der Waals surface area contributed by atoms with E-state index in [2.05, 4.69) is 4.90 Å². The highest BCUT2D eigenvalue weighted by molar-refractivity contribution is 5.97. The summed E-state index contributed by atoms with van der Waals surface area (Å²) in [4.78, 5) is 32.1. The minimum absolute atomic E-state index is 0.0240. The number of hydrogen-bond acceptors (Lipinski definition) is 4. The molecule has 0 N–H and O–H groups in total. The molecule has 3 heterocycles. The maximum Gasteiger partial charge on any atom is 0.257 e. The number of rotatable bonds is 5. The molecule has 28 heavy (non-hydrogen) atoms. The number of carbonyl (C=O) groups excluding carboxylic acids is 2. The molecule has 0 unspecified atom stereocenters. The van der Waals surface area contributed by atoms with Crippen molar-refractivity contribution in [2.75, 3.05) is 45.9 Å². The fourth-order valence-corrected chi connectivity index (χ4v) is 4.91. The van der Waals surface area contributed by atoms with Gasteiger partial charge in [-0.3, -0.25) is 14.5 Å². The summed E-state index contributed by atoms with van der Waals surface area (Å²) in [6.07, 6.45) is 5.36. The van der Waals surface area contributed by atoms with E-state index >= 15 is 0 Å². The van der Waals surface area contributed by atoms with Crippen LogP contribution >= 0.6 is 0 Å². The van der Waals surface area contributed by atoms with Crippen molar-refractivity contribution < 1.29 is 14.3 Å². The van der Waals surface area contributed by atoms with Crippen molar-refractivity contribution in [1.29, 1.82) is 0 Å². The lowest BCUT2D eigenvalue weighted by atomic mass is 9.77. The largest absolute Gasteiger partial charge is 0.493 e. The fourth-order valence-electron chi connectivity index (χ4n) is 4.91. The van der Waals surface area contributed by atoms with Crippen molar-refractivity contribution >= 4 is 11.8 Å². The third-order valence-corrected chi connectivity index (χ3v) is 6.56. The number of nitrogens with zero attached hydrogens (tertiary/aromatic N) is 3. The lowest BCUT2D eigenvalue weighted by Crippen LogP contribution is -2.68. The van der Waals surface area contributed by atoms with Crippen LogP contribution < -0.4 is 4.74 Å². The number of para-hydroxylation sites is 1. The Morgan fingerprint density at radius 2 is 1.75 bits per heavy atom. The van der Waals surface area contributed by atoms with Crippen molar-refractivity contribution in [3.05, 3.63) is 29.8 Å². The number of hydrogen-bond donors (Lipinski definition) is 0.